The van der Waals surface area contributed by atoms with Gasteiger partial charge in [-0.3, -0.25) is 9.69 Å². The lowest BCUT2D eigenvalue weighted by atomic mass is 10.1. The minimum atomic E-state index is -0.0596. The van der Waals surface area contributed by atoms with Crippen LogP contribution in [0.15, 0.2) is 11.4 Å². The third kappa shape index (κ3) is 3.33. The Kier molecular flexibility index (Phi) is 4.54. The molecular weight excluding hydrogens is 328 g/mol. The highest BCUT2D eigenvalue weighted by Crippen LogP contribution is 2.23. The fourth-order valence-corrected chi connectivity index (χ4v) is 4.24. The van der Waals surface area contributed by atoms with E-state index in [1.807, 2.05) is 11.4 Å². The second-order valence-corrected chi connectivity index (χ2v) is 7.15. The maximum absolute atomic E-state index is 12.5. The van der Waals surface area contributed by atoms with Crippen molar-refractivity contribution in [3.8, 4) is 0 Å². The smallest absolute Gasteiger partial charge is 0.261 e. The van der Waals surface area contributed by atoms with Crippen molar-refractivity contribution >= 4 is 17.2 Å². The molecule has 2 saturated heterocycles. The average Bonchev–Trinajstić information content (AvgIpc) is 3.34. The summed E-state index contributed by atoms with van der Waals surface area (Å²) in [5, 5.41) is 18.8. The first-order valence-electron chi connectivity index (χ1n) is 8.22. The standard InChI is InChI=1S/C15H20N6O2S/c22-15(14-10(3-5-24-14)6-13-17-19-20-18-13)16-7-12-8-21-4-1-2-11(21)9-23-12/h3,5,11-12H,1-2,4,6-9H2,(H,16,22)(H,17,18,19,20). The Morgan fingerprint density at radius 2 is 2.50 bits per heavy atom. The van der Waals surface area contributed by atoms with Gasteiger partial charge in [0, 0.05) is 25.6 Å². The first-order valence-corrected chi connectivity index (χ1v) is 9.10. The predicted molar refractivity (Wildman–Crippen MR) is 88.0 cm³/mol. The van der Waals surface area contributed by atoms with Crippen LogP contribution in [0.1, 0.15) is 33.9 Å². The van der Waals surface area contributed by atoms with Crippen molar-refractivity contribution < 1.29 is 9.53 Å². The highest BCUT2D eigenvalue weighted by Gasteiger charge is 2.32. The van der Waals surface area contributed by atoms with Crippen LogP contribution in [0.2, 0.25) is 0 Å². The Bertz CT molecular complexity index is 688. The predicted octanol–water partition coefficient (Wildman–Crippen LogP) is 0.445. The normalized spacial score (nSPS) is 24.0. The number of hydrogen-bond donors (Lipinski definition) is 2. The molecule has 0 aromatic carbocycles. The molecule has 0 aliphatic carbocycles. The molecule has 4 rings (SSSR count). The highest BCUT2D eigenvalue weighted by atomic mass is 32.1. The van der Waals surface area contributed by atoms with Crippen LogP contribution in [-0.2, 0) is 11.2 Å². The lowest BCUT2D eigenvalue weighted by Gasteiger charge is -2.35. The number of hydrogen-bond acceptors (Lipinski definition) is 7. The van der Waals surface area contributed by atoms with Gasteiger partial charge in [0.2, 0.25) is 0 Å². The summed E-state index contributed by atoms with van der Waals surface area (Å²) in [6.07, 6.45) is 3.05. The zero-order valence-corrected chi connectivity index (χ0v) is 14.1. The molecule has 24 heavy (non-hydrogen) atoms. The van der Waals surface area contributed by atoms with Gasteiger partial charge in [-0.1, -0.05) is 5.21 Å². The number of rotatable bonds is 5. The van der Waals surface area contributed by atoms with Crippen molar-refractivity contribution in [3.05, 3.63) is 27.7 Å². The van der Waals surface area contributed by atoms with Gasteiger partial charge in [-0.2, -0.15) is 5.21 Å². The van der Waals surface area contributed by atoms with E-state index in [2.05, 4.69) is 30.8 Å². The van der Waals surface area contributed by atoms with E-state index in [9.17, 15) is 4.79 Å². The summed E-state index contributed by atoms with van der Waals surface area (Å²) in [6.45, 7) is 3.38. The van der Waals surface area contributed by atoms with Crippen LogP contribution in [0.25, 0.3) is 0 Å². The van der Waals surface area contributed by atoms with E-state index in [4.69, 9.17) is 4.74 Å². The first kappa shape index (κ1) is 15.7. The van der Waals surface area contributed by atoms with Crippen molar-refractivity contribution in [3.63, 3.8) is 0 Å². The number of nitrogens with zero attached hydrogens (tertiary/aromatic N) is 4. The van der Waals surface area contributed by atoms with Crippen LogP contribution < -0.4 is 5.32 Å². The fourth-order valence-electron chi connectivity index (χ4n) is 3.40. The van der Waals surface area contributed by atoms with E-state index < -0.39 is 0 Å². The van der Waals surface area contributed by atoms with Crippen molar-refractivity contribution in [2.45, 2.75) is 31.4 Å². The third-order valence-electron chi connectivity index (χ3n) is 4.64. The monoisotopic (exact) mass is 348 g/mol. The Morgan fingerprint density at radius 1 is 1.54 bits per heavy atom. The van der Waals surface area contributed by atoms with Gasteiger partial charge in [-0.05, 0) is 36.4 Å². The molecule has 2 aliphatic heterocycles. The van der Waals surface area contributed by atoms with Crippen molar-refractivity contribution in [2.75, 3.05) is 26.2 Å². The molecule has 2 fully saturated rings. The largest absolute Gasteiger partial charge is 0.373 e. The van der Waals surface area contributed by atoms with Gasteiger partial charge in [0.25, 0.3) is 5.91 Å². The molecule has 2 aromatic heterocycles. The van der Waals surface area contributed by atoms with E-state index >= 15 is 0 Å². The molecule has 0 saturated carbocycles. The maximum atomic E-state index is 12.5. The number of aromatic nitrogens is 4. The van der Waals surface area contributed by atoms with E-state index in [-0.39, 0.29) is 12.0 Å². The number of thiophene rings is 1. The van der Waals surface area contributed by atoms with E-state index in [1.54, 1.807) is 0 Å². The summed E-state index contributed by atoms with van der Waals surface area (Å²) in [4.78, 5) is 15.7. The summed E-state index contributed by atoms with van der Waals surface area (Å²) in [5.41, 5.74) is 0.920. The number of ether oxygens (including phenoxy) is 1. The summed E-state index contributed by atoms with van der Waals surface area (Å²) >= 11 is 1.43. The minimum absolute atomic E-state index is 0.0596. The molecule has 8 nitrogen and oxygen atoms in total. The van der Waals surface area contributed by atoms with Gasteiger partial charge in [-0.25, -0.2) is 0 Å². The molecule has 0 radical (unpaired) electrons. The molecule has 4 heterocycles. The lowest BCUT2D eigenvalue weighted by molar-refractivity contribution is -0.0461. The number of amides is 1. The number of nitrogens with one attached hydrogen (secondary N) is 2. The zero-order valence-electron chi connectivity index (χ0n) is 13.3. The molecule has 2 aromatic rings. The van der Waals surface area contributed by atoms with Crippen LogP contribution >= 0.6 is 11.3 Å². The number of H-pyrrole nitrogens is 1. The topological polar surface area (TPSA) is 96.0 Å². The number of carbonyl (C=O) groups excluding carboxylic acids is 1. The Morgan fingerprint density at radius 3 is 3.38 bits per heavy atom. The number of aromatic amines is 1. The molecular formula is C15H20N6O2S. The maximum Gasteiger partial charge on any atom is 0.261 e. The summed E-state index contributed by atoms with van der Waals surface area (Å²) in [7, 11) is 0. The van der Waals surface area contributed by atoms with Gasteiger partial charge in [0.1, 0.15) is 0 Å². The molecule has 2 aliphatic rings. The van der Waals surface area contributed by atoms with Crippen molar-refractivity contribution in [1.82, 2.24) is 30.8 Å². The molecule has 128 valence electrons. The van der Waals surface area contributed by atoms with Crippen molar-refractivity contribution in [2.24, 2.45) is 0 Å². The summed E-state index contributed by atoms with van der Waals surface area (Å²) in [6, 6.07) is 2.51. The molecule has 0 bridgehead atoms. The van der Waals surface area contributed by atoms with Gasteiger partial charge >= 0.3 is 0 Å². The van der Waals surface area contributed by atoms with E-state index in [1.165, 1.54) is 24.2 Å². The van der Waals surface area contributed by atoms with Crippen LogP contribution in [0.3, 0.4) is 0 Å². The Hall–Kier alpha value is -1.84. The first-order chi connectivity index (χ1) is 11.8. The van der Waals surface area contributed by atoms with Gasteiger partial charge in [-0.15, -0.1) is 21.5 Å². The second-order valence-electron chi connectivity index (χ2n) is 6.24. The number of carbonyl (C=O) groups is 1. The molecule has 0 spiro atoms. The lowest BCUT2D eigenvalue weighted by Crippen LogP contribution is -2.50. The Balaban J connectivity index is 1.33. The molecule has 9 heteroatoms. The highest BCUT2D eigenvalue weighted by molar-refractivity contribution is 7.12. The summed E-state index contributed by atoms with van der Waals surface area (Å²) in [5.74, 6) is 0.522. The van der Waals surface area contributed by atoms with Crippen molar-refractivity contribution in [1.29, 1.82) is 0 Å². The fraction of sp³-hybridized carbons (Fsp3) is 0.600. The number of fused-ring (bicyclic) bond motifs is 1. The van der Waals surface area contributed by atoms with Gasteiger partial charge < -0.3 is 10.1 Å². The zero-order chi connectivity index (χ0) is 16.4. The number of tetrazole rings is 1. The van der Waals surface area contributed by atoms with Crippen LogP contribution in [0.4, 0.5) is 0 Å². The number of morpholine rings is 1. The molecule has 2 unspecified atom stereocenters. The quantitative estimate of drug-likeness (QED) is 0.814. The van der Waals surface area contributed by atoms with Crippen LogP contribution in [-0.4, -0.2) is 69.8 Å². The third-order valence-corrected chi connectivity index (χ3v) is 5.60. The van der Waals surface area contributed by atoms with E-state index in [0.717, 1.165) is 25.3 Å². The van der Waals surface area contributed by atoms with Crippen LogP contribution in [0.5, 0.6) is 0 Å². The van der Waals surface area contributed by atoms with Gasteiger partial charge in [0.15, 0.2) is 5.82 Å². The van der Waals surface area contributed by atoms with Gasteiger partial charge in [0.05, 0.1) is 17.6 Å². The summed E-state index contributed by atoms with van der Waals surface area (Å²) < 4.78 is 5.89. The molecule has 2 atom stereocenters. The Labute approximate surface area is 143 Å². The van der Waals surface area contributed by atoms with E-state index in [0.29, 0.717) is 29.7 Å². The average molecular weight is 348 g/mol. The minimum Gasteiger partial charge on any atom is -0.373 e. The second kappa shape index (κ2) is 6.96. The molecule has 2 N–H and O–H groups in total. The molecule has 1 amide bonds. The van der Waals surface area contributed by atoms with Crippen LogP contribution in [0, 0.1) is 0 Å². The SMILES string of the molecule is O=C(NCC1CN2CCCC2CO1)c1sccc1Cc1nn[nH]n1.